The van der Waals surface area contributed by atoms with E-state index in [1.165, 1.54) is 5.56 Å². The molecule has 0 bridgehead atoms. The number of nitrogens with zero attached hydrogens (tertiary/aromatic N) is 1. The van der Waals surface area contributed by atoms with Gasteiger partial charge in [-0.25, -0.2) is 0 Å². The van der Waals surface area contributed by atoms with Crippen molar-refractivity contribution in [2.24, 2.45) is 5.92 Å². The Morgan fingerprint density at radius 1 is 1.17 bits per heavy atom. The third kappa shape index (κ3) is 4.40. The first-order valence-corrected chi connectivity index (χ1v) is 6.47. The van der Waals surface area contributed by atoms with Crippen molar-refractivity contribution >= 4 is 11.7 Å². The molecular formula is C15H23NO2. The normalized spacial score (nSPS) is 11.0. The Kier molecular flexibility index (Phi) is 5.20. The van der Waals surface area contributed by atoms with E-state index in [2.05, 4.69) is 39.8 Å². The van der Waals surface area contributed by atoms with E-state index >= 15 is 0 Å². The Hall–Kier alpha value is -1.51. The highest BCUT2D eigenvalue weighted by Crippen LogP contribution is 2.20. The summed E-state index contributed by atoms with van der Waals surface area (Å²) in [5.41, 5.74) is 2.26. The number of carbonyl (C=O) groups is 1. The van der Waals surface area contributed by atoms with E-state index in [-0.39, 0.29) is 6.54 Å². The van der Waals surface area contributed by atoms with Gasteiger partial charge in [0.2, 0.25) is 0 Å². The van der Waals surface area contributed by atoms with E-state index in [9.17, 15) is 4.79 Å². The summed E-state index contributed by atoms with van der Waals surface area (Å²) >= 11 is 0. The Balaban J connectivity index is 2.87. The first-order chi connectivity index (χ1) is 8.40. The minimum atomic E-state index is -0.788. The van der Waals surface area contributed by atoms with Crippen LogP contribution in [0.15, 0.2) is 24.3 Å². The van der Waals surface area contributed by atoms with Crippen LogP contribution in [0.5, 0.6) is 0 Å². The number of hydrogen-bond donors (Lipinski definition) is 1. The second-order valence-corrected chi connectivity index (χ2v) is 5.41. The molecule has 100 valence electrons. The van der Waals surface area contributed by atoms with Gasteiger partial charge in [-0.3, -0.25) is 4.79 Å². The topological polar surface area (TPSA) is 40.5 Å². The van der Waals surface area contributed by atoms with Crippen LogP contribution in [0.1, 0.15) is 39.2 Å². The van der Waals surface area contributed by atoms with Crippen LogP contribution in [0.25, 0.3) is 0 Å². The molecule has 3 heteroatoms. The third-order valence-corrected chi connectivity index (χ3v) is 2.84. The van der Waals surface area contributed by atoms with Crippen molar-refractivity contribution in [1.29, 1.82) is 0 Å². The molecule has 0 fully saturated rings. The molecule has 1 aromatic carbocycles. The second kappa shape index (κ2) is 6.43. The predicted octanol–water partition coefficient (Wildman–Crippen LogP) is 3.36. The summed E-state index contributed by atoms with van der Waals surface area (Å²) in [6, 6.07) is 8.19. The Morgan fingerprint density at radius 3 is 2.11 bits per heavy atom. The van der Waals surface area contributed by atoms with Gasteiger partial charge in [0.1, 0.15) is 6.54 Å². The highest BCUT2D eigenvalue weighted by Gasteiger charge is 2.12. The number of rotatable bonds is 6. The molecule has 0 saturated carbocycles. The van der Waals surface area contributed by atoms with Crippen LogP contribution >= 0.6 is 0 Å². The van der Waals surface area contributed by atoms with Gasteiger partial charge in [0.25, 0.3) is 0 Å². The molecular weight excluding hydrogens is 226 g/mol. The third-order valence-electron chi connectivity index (χ3n) is 2.84. The van der Waals surface area contributed by atoms with Crippen LogP contribution in [0, 0.1) is 5.92 Å². The average Bonchev–Trinajstić information content (AvgIpc) is 2.27. The monoisotopic (exact) mass is 249 g/mol. The van der Waals surface area contributed by atoms with E-state index in [0.717, 1.165) is 12.2 Å². The lowest BCUT2D eigenvalue weighted by atomic mass is 10.0. The largest absolute Gasteiger partial charge is 0.480 e. The van der Waals surface area contributed by atoms with Gasteiger partial charge >= 0.3 is 5.97 Å². The summed E-state index contributed by atoms with van der Waals surface area (Å²) in [4.78, 5) is 12.8. The minimum Gasteiger partial charge on any atom is -0.480 e. The van der Waals surface area contributed by atoms with Gasteiger partial charge in [0, 0.05) is 12.2 Å². The molecule has 0 aliphatic heterocycles. The van der Waals surface area contributed by atoms with Crippen LogP contribution in [0.3, 0.4) is 0 Å². The van der Waals surface area contributed by atoms with Gasteiger partial charge in [-0.2, -0.15) is 0 Å². The maximum atomic E-state index is 10.9. The number of hydrogen-bond acceptors (Lipinski definition) is 2. The molecule has 1 aromatic rings. The van der Waals surface area contributed by atoms with Crippen molar-refractivity contribution in [2.75, 3.05) is 18.0 Å². The molecule has 0 heterocycles. The van der Waals surface area contributed by atoms with Crippen LogP contribution in [-0.2, 0) is 4.79 Å². The number of aliphatic carboxylic acids is 1. The highest BCUT2D eigenvalue weighted by molar-refractivity contribution is 5.73. The van der Waals surface area contributed by atoms with E-state index in [4.69, 9.17) is 5.11 Å². The van der Waals surface area contributed by atoms with Gasteiger partial charge in [-0.1, -0.05) is 39.8 Å². The number of carboxylic acid groups (broad SMARTS) is 1. The molecule has 1 rings (SSSR count). The molecule has 0 amide bonds. The summed E-state index contributed by atoms with van der Waals surface area (Å²) in [7, 11) is 0. The lowest BCUT2D eigenvalue weighted by Gasteiger charge is -2.25. The lowest BCUT2D eigenvalue weighted by Crippen LogP contribution is -2.32. The summed E-state index contributed by atoms with van der Waals surface area (Å²) < 4.78 is 0. The van der Waals surface area contributed by atoms with Crippen LogP contribution in [0.2, 0.25) is 0 Å². The van der Waals surface area contributed by atoms with Crippen molar-refractivity contribution in [3.8, 4) is 0 Å². The first-order valence-electron chi connectivity index (χ1n) is 6.47. The zero-order chi connectivity index (χ0) is 13.7. The molecule has 0 saturated heterocycles. The van der Waals surface area contributed by atoms with Gasteiger partial charge in [0.05, 0.1) is 0 Å². The van der Waals surface area contributed by atoms with Crippen molar-refractivity contribution in [3.63, 3.8) is 0 Å². The number of benzene rings is 1. The van der Waals surface area contributed by atoms with Crippen molar-refractivity contribution in [3.05, 3.63) is 29.8 Å². The second-order valence-electron chi connectivity index (χ2n) is 5.41. The van der Waals surface area contributed by atoms with Gasteiger partial charge in [-0.15, -0.1) is 0 Å². The summed E-state index contributed by atoms with van der Waals surface area (Å²) in [5, 5.41) is 8.96. The smallest absolute Gasteiger partial charge is 0.323 e. The van der Waals surface area contributed by atoms with Crippen LogP contribution < -0.4 is 4.90 Å². The lowest BCUT2D eigenvalue weighted by molar-refractivity contribution is -0.135. The van der Waals surface area contributed by atoms with Gasteiger partial charge in [-0.05, 0) is 29.5 Å². The zero-order valence-electron chi connectivity index (χ0n) is 11.7. The van der Waals surface area contributed by atoms with Crippen molar-refractivity contribution in [1.82, 2.24) is 0 Å². The first kappa shape index (κ1) is 14.6. The molecule has 1 N–H and O–H groups in total. The Bertz CT molecular complexity index is 382. The molecule has 0 atom stereocenters. The number of carboxylic acids is 1. The number of anilines is 1. The fraction of sp³-hybridized carbons (Fsp3) is 0.533. The quantitative estimate of drug-likeness (QED) is 0.840. The summed E-state index contributed by atoms with van der Waals surface area (Å²) in [6.45, 7) is 9.30. The van der Waals surface area contributed by atoms with Crippen LogP contribution in [0.4, 0.5) is 5.69 Å². The average molecular weight is 249 g/mol. The summed E-state index contributed by atoms with van der Waals surface area (Å²) in [6.07, 6.45) is 0. The SMILES string of the molecule is CC(C)CN(CC(=O)O)c1ccc(C(C)C)cc1. The molecule has 0 spiro atoms. The maximum Gasteiger partial charge on any atom is 0.323 e. The molecule has 18 heavy (non-hydrogen) atoms. The Labute approximate surface area is 109 Å². The maximum absolute atomic E-state index is 10.9. The highest BCUT2D eigenvalue weighted by atomic mass is 16.4. The van der Waals surface area contributed by atoms with Gasteiger partial charge in [0.15, 0.2) is 0 Å². The van der Waals surface area contributed by atoms with Crippen molar-refractivity contribution in [2.45, 2.75) is 33.6 Å². The molecule has 0 aliphatic rings. The molecule has 0 aromatic heterocycles. The molecule has 0 radical (unpaired) electrons. The van der Waals surface area contributed by atoms with Crippen molar-refractivity contribution < 1.29 is 9.90 Å². The fourth-order valence-corrected chi connectivity index (χ4v) is 1.94. The van der Waals surface area contributed by atoms with E-state index in [0.29, 0.717) is 11.8 Å². The van der Waals surface area contributed by atoms with E-state index < -0.39 is 5.97 Å². The molecule has 3 nitrogen and oxygen atoms in total. The fourth-order valence-electron chi connectivity index (χ4n) is 1.94. The van der Waals surface area contributed by atoms with Gasteiger partial charge < -0.3 is 10.0 Å². The van der Waals surface area contributed by atoms with E-state index in [1.54, 1.807) is 0 Å². The van der Waals surface area contributed by atoms with Crippen LogP contribution in [-0.4, -0.2) is 24.2 Å². The summed E-state index contributed by atoms with van der Waals surface area (Å²) in [5.74, 6) is 0.148. The zero-order valence-corrected chi connectivity index (χ0v) is 11.7. The predicted molar refractivity (Wildman–Crippen MR) is 75.2 cm³/mol. The molecule has 0 unspecified atom stereocenters. The standard InChI is InChI=1S/C15H23NO2/c1-11(2)9-16(10-15(17)18)14-7-5-13(6-8-14)12(3)4/h5-8,11-12H,9-10H2,1-4H3,(H,17,18). The minimum absolute atomic E-state index is 0.0548. The van der Waals surface area contributed by atoms with E-state index in [1.807, 2.05) is 17.0 Å². The Morgan fingerprint density at radius 2 is 1.72 bits per heavy atom. The molecule has 0 aliphatic carbocycles.